The van der Waals surface area contributed by atoms with Gasteiger partial charge in [-0.2, -0.15) is 5.10 Å². The van der Waals surface area contributed by atoms with Crippen LogP contribution in [0.4, 0.5) is 5.69 Å². The topological polar surface area (TPSA) is 119 Å². The van der Waals surface area contributed by atoms with E-state index in [-0.39, 0.29) is 24.7 Å². The zero-order chi connectivity index (χ0) is 14.9. The van der Waals surface area contributed by atoms with Crippen LogP contribution in [0.2, 0.25) is 0 Å². The van der Waals surface area contributed by atoms with Crippen LogP contribution in [0.5, 0.6) is 0 Å². The van der Waals surface area contributed by atoms with E-state index in [1.807, 2.05) is 0 Å². The second kappa shape index (κ2) is 4.91. The molecule has 1 aromatic rings. The quantitative estimate of drug-likeness (QED) is 0.618. The van der Waals surface area contributed by atoms with Crippen LogP contribution in [0, 0.1) is 15.5 Å². The van der Waals surface area contributed by atoms with Gasteiger partial charge >= 0.3 is 11.7 Å². The summed E-state index contributed by atoms with van der Waals surface area (Å²) in [6.07, 6.45) is 2.64. The van der Waals surface area contributed by atoms with Gasteiger partial charge in [0.25, 0.3) is 0 Å². The van der Waals surface area contributed by atoms with E-state index in [1.54, 1.807) is 6.92 Å². The second-order valence-electron chi connectivity index (χ2n) is 5.08. The van der Waals surface area contributed by atoms with Crippen molar-refractivity contribution in [2.45, 2.75) is 19.9 Å². The Morgan fingerprint density at radius 3 is 2.80 bits per heavy atom. The number of hydrogen-bond donors (Lipinski definition) is 1. The lowest BCUT2D eigenvalue weighted by molar-refractivity contribution is -0.385. The molecule has 0 saturated carbocycles. The Morgan fingerprint density at radius 1 is 1.60 bits per heavy atom. The largest absolute Gasteiger partial charge is 0.481 e. The molecule has 9 heteroatoms. The lowest BCUT2D eigenvalue weighted by atomic mass is 9.90. The average Bonchev–Trinajstić information content (AvgIpc) is 2.97. The fourth-order valence-corrected chi connectivity index (χ4v) is 2.12. The molecule has 2 rings (SSSR count). The fourth-order valence-electron chi connectivity index (χ4n) is 2.12. The summed E-state index contributed by atoms with van der Waals surface area (Å²) >= 11 is 0. The maximum Gasteiger partial charge on any atom is 0.311 e. The van der Waals surface area contributed by atoms with Gasteiger partial charge in [-0.15, -0.1) is 0 Å². The van der Waals surface area contributed by atoms with E-state index < -0.39 is 16.3 Å². The van der Waals surface area contributed by atoms with Crippen LogP contribution >= 0.6 is 0 Å². The Balaban J connectivity index is 1.99. The molecule has 0 spiro atoms. The molecule has 1 fully saturated rings. The van der Waals surface area contributed by atoms with Crippen LogP contribution in [0.25, 0.3) is 0 Å². The minimum atomic E-state index is -0.928. The first-order chi connectivity index (χ1) is 9.32. The number of hydrogen-bond acceptors (Lipinski definition) is 5. The SMILES string of the molecule is CC1(C(=O)O)CCN(C(=O)Cn2cc([N+](=O)[O-])cn2)C1. The molecular formula is C11H14N4O5. The van der Waals surface area contributed by atoms with Crippen molar-refractivity contribution >= 4 is 17.6 Å². The maximum atomic E-state index is 12.0. The average molecular weight is 282 g/mol. The number of nitro groups is 1. The highest BCUT2D eigenvalue weighted by Gasteiger charge is 2.42. The van der Waals surface area contributed by atoms with E-state index in [2.05, 4.69) is 5.10 Å². The molecule has 0 aliphatic carbocycles. The van der Waals surface area contributed by atoms with Crippen LogP contribution in [0.3, 0.4) is 0 Å². The molecule has 9 nitrogen and oxygen atoms in total. The first-order valence-electron chi connectivity index (χ1n) is 6.00. The molecule has 0 radical (unpaired) electrons. The van der Waals surface area contributed by atoms with E-state index >= 15 is 0 Å². The van der Waals surface area contributed by atoms with Gasteiger partial charge in [-0.05, 0) is 13.3 Å². The normalized spacial score (nSPS) is 21.9. The summed E-state index contributed by atoms with van der Waals surface area (Å²) in [5.41, 5.74) is -1.11. The third-order valence-electron chi connectivity index (χ3n) is 3.47. The first kappa shape index (κ1) is 14.0. The van der Waals surface area contributed by atoms with Gasteiger partial charge in [0.2, 0.25) is 5.91 Å². The lowest BCUT2D eigenvalue weighted by Crippen LogP contribution is -2.36. The Kier molecular flexibility index (Phi) is 3.43. The molecule has 1 atom stereocenters. The van der Waals surface area contributed by atoms with Crippen LogP contribution in [0.15, 0.2) is 12.4 Å². The fraction of sp³-hybridized carbons (Fsp3) is 0.545. The number of carboxylic acid groups (broad SMARTS) is 1. The Labute approximate surface area is 113 Å². The maximum absolute atomic E-state index is 12.0. The van der Waals surface area contributed by atoms with E-state index in [0.29, 0.717) is 13.0 Å². The number of amides is 1. The van der Waals surface area contributed by atoms with Crippen molar-refractivity contribution in [2.24, 2.45) is 5.41 Å². The number of carbonyl (C=O) groups is 2. The molecule has 0 bridgehead atoms. The van der Waals surface area contributed by atoms with Crippen LogP contribution in [-0.4, -0.2) is 49.7 Å². The minimum Gasteiger partial charge on any atom is -0.481 e. The van der Waals surface area contributed by atoms with Gasteiger partial charge < -0.3 is 10.0 Å². The smallest absolute Gasteiger partial charge is 0.311 e. The molecule has 1 amide bonds. The number of aromatic nitrogens is 2. The van der Waals surface area contributed by atoms with E-state index in [1.165, 1.54) is 15.8 Å². The summed E-state index contributed by atoms with van der Waals surface area (Å²) in [6.45, 7) is 1.97. The summed E-state index contributed by atoms with van der Waals surface area (Å²) < 4.78 is 1.18. The molecule has 0 aromatic carbocycles. The molecule has 1 unspecified atom stereocenters. The number of rotatable bonds is 4. The minimum absolute atomic E-state index is 0.135. The standard InChI is InChI=1S/C11H14N4O5/c1-11(10(17)18)2-3-13(7-11)9(16)6-14-5-8(4-12-14)15(19)20/h4-5H,2-3,6-7H2,1H3,(H,17,18). The number of likely N-dealkylation sites (tertiary alicyclic amines) is 1. The number of nitrogens with zero attached hydrogens (tertiary/aromatic N) is 4. The molecule has 1 aromatic heterocycles. The Hall–Kier alpha value is -2.45. The summed E-state index contributed by atoms with van der Waals surface area (Å²) in [5, 5.41) is 23.3. The van der Waals surface area contributed by atoms with Crippen molar-refractivity contribution < 1.29 is 19.6 Å². The van der Waals surface area contributed by atoms with Gasteiger partial charge in [0.05, 0.1) is 10.3 Å². The predicted molar refractivity (Wildman–Crippen MR) is 65.8 cm³/mol. The highest BCUT2D eigenvalue weighted by Crippen LogP contribution is 2.30. The van der Waals surface area contributed by atoms with Crippen LogP contribution in [0.1, 0.15) is 13.3 Å². The van der Waals surface area contributed by atoms with Gasteiger partial charge in [-0.3, -0.25) is 24.4 Å². The number of carboxylic acids is 1. The summed E-state index contributed by atoms with van der Waals surface area (Å²) in [6, 6.07) is 0. The van der Waals surface area contributed by atoms with Crippen molar-refractivity contribution in [3.8, 4) is 0 Å². The highest BCUT2D eigenvalue weighted by molar-refractivity contribution is 5.80. The molecule has 20 heavy (non-hydrogen) atoms. The summed E-state index contributed by atoms with van der Waals surface area (Å²) in [4.78, 5) is 34.5. The van der Waals surface area contributed by atoms with Gasteiger partial charge in [-0.25, -0.2) is 0 Å². The summed E-state index contributed by atoms with van der Waals surface area (Å²) in [7, 11) is 0. The number of aliphatic carboxylic acids is 1. The van der Waals surface area contributed by atoms with Gasteiger partial charge in [0.15, 0.2) is 0 Å². The van der Waals surface area contributed by atoms with Crippen LogP contribution < -0.4 is 0 Å². The molecule has 108 valence electrons. The first-order valence-corrected chi connectivity index (χ1v) is 6.00. The van der Waals surface area contributed by atoms with Crippen molar-refractivity contribution in [1.82, 2.24) is 14.7 Å². The molecule has 1 saturated heterocycles. The zero-order valence-electron chi connectivity index (χ0n) is 10.9. The van der Waals surface area contributed by atoms with E-state index in [0.717, 1.165) is 6.20 Å². The van der Waals surface area contributed by atoms with E-state index in [4.69, 9.17) is 5.11 Å². The third kappa shape index (κ3) is 2.60. The van der Waals surface area contributed by atoms with Crippen molar-refractivity contribution in [2.75, 3.05) is 13.1 Å². The van der Waals surface area contributed by atoms with E-state index in [9.17, 15) is 19.7 Å². The summed E-state index contributed by atoms with van der Waals surface area (Å²) in [5.74, 6) is -1.23. The third-order valence-corrected chi connectivity index (χ3v) is 3.47. The van der Waals surface area contributed by atoms with Gasteiger partial charge in [-0.1, -0.05) is 0 Å². The predicted octanol–water partition coefficient (Wildman–Crippen LogP) is 0.114. The molecular weight excluding hydrogens is 268 g/mol. The molecule has 1 aliphatic heterocycles. The Morgan fingerprint density at radius 2 is 2.30 bits per heavy atom. The van der Waals surface area contributed by atoms with Crippen molar-refractivity contribution in [1.29, 1.82) is 0 Å². The van der Waals surface area contributed by atoms with Crippen molar-refractivity contribution in [3.05, 3.63) is 22.5 Å². The molecule has 2 heterocycles. The molecule has 1 N–H and O–H groups in total. The number of carbonyl (C=O) groups excluding carboxylic acids is 1. The Bertz CT molecular complexity index is 569. The van der Waals surface area contributed by atoms with Gasteiger partial charge in [0, 0.05) is 13.1 Å². The highest BCUT2D eigenvalue weighted by atomic mass is 16.6. The zero-order valence-corrected chi connectivity index (χ0v) is 10.9. The van der Waals surface area contributed by atoms with Crippen LogP contribution in [-0.2, 0) is 16.1 Å². The lowest BCUT2D eigenvalue weighted by Gasteiger charge is -2.20. The van der Waals surface area contributed by atoms with Gasteiger partial charge in [0.1, 0.15) is 18.9 Å². The van der Waals surface area contributed by atoms with Crippen molar-refractivity contribution in [3.63, 3.8) is 0 Å². The second-order valence-corrected chi connectivity index (χ2v) is 5.08. The molecule has 1 aliphatic rings. The monoisotopic (exact) mass is 282 g/mol.